The van der Waals surface area contributed by atoms with E-state index in [4.69, 9.17) is 4.74 Å². The number of benzene rings is 2. The molecular formula is C28H25F3N6O6S. The van der Waals surface area contributed by atoms with E-state index in [9.17, 15) is 31.6 Å². The van der Waals surface area contributed by atoms with E-state index in [-0.39, 0.29) is 35.1 Å². The summed E-state index contributed by atoms with van der Waals surface area (Å²) in [6, 6.07) is 8.45. The Morgan fingerprint density at radius 3 is 2.36 bits per heavy atom. The standard InChI is InChI=1S/C28H25F3N6O6S/c1-4-43-27(40)37-23-18(14-36(28(23,2)3)44(41,42)17-12-15(29)11-16(30)13-17)24(35-37)34-26(39)22-19(31)7-5-8-20(22)33-25(38)21-9-6-10-32-21/h5-13,32H,4,14H2,1-3H3,(H,33,38)(H,34,35,39). The smallest absolute Gasteiger partial charge is 0.435 e. The lowest BCUT2D eigenvalue weighted by Crippen LogP contribution is -2.42. The predicted octanol–water partition coefficient (Wildman–Crippen LogP) is 4.58. The van der Waals surface area contributed by atoms with E-state index in [1.54, 1.807) is 6.07 Å². The van der Waals surface area contributed by atoms with E-state index in [0.717, 1.165) is 15.1 Å². The van der Waals surface area contributed by atoms with Crippen molar-refractivity contribution in [2.24, 2.45) is 0 Å². The molecule has 0 bridgehead atoms. The van der Waals surface area contributed by atoms with Crippen LogP contribution in [0, 0.1) is 17.5 Å². The van der Waals surface area contributed by atoms with Crippen molar-refractivity contribution in [3.05, 3.63) is 94.7 Å². The molecule has 1 aliphatic rings. The molecule has 16 heteroatoms. The maximum atomic E-state index is 15.0. The van der Waals surface area contributed by atoms with Crippen molar-refractivity contribution in [2.75, 3.05) is 17.2 Å². The van der Waals surface area contributed by atoms with Crippen molar-refractivity contribution in [2.45, 2.75) is 37.8 Å². The Kier molecular flexibility index (Phi) is 7.81. The van der Waals surface area contributed by atoms with Crippen molar-refractivity contribution in [1.82, 2.24) is 19.1 Å². The summed E-state index contributed by atoms with van der Waals surface area (Å²) in [5, 5.41) is 9.02. The summed E-state index contributed by atoms with van der Waals surface area (Å²) < 4.78 is 77.0. The summed E-state index contributed by atoms with van der Waals surface area (Å²) in [5.41, 5.74) is -2.11. The molecule has 5 rings (SSSR count). The molecule has 4 aromatic rings. The van der Waals surface area contributed by atoms with Crippen molar-refractivity contribution in [3.8, 4) is 0 Å². The molecule has 2 aromatic heterocycles. The fourth-order valence-electron chi connectivity index (χ4n) is 4.99. The summed E-state index contributed by atoms with van der Waals surface area (Å²) in [6.07, 6.45) is 0.503. The maximum Gasteiger partial charge on any atom is 0.435 e. The molecule has 0 spiro atoms. The first-order chi connectivity index (χ1) is 20.7. The predicted molar refractivity (Wildman–Crippen MR) is 150 cm³/mol. The zero-order chi connectivity index (χ0) is 32.0. The van der Waals surface area contributed by atoms with Gasteiger partial charge in [0.2, 0.25) is 10.0 Å². The van der Waals surface area contributed by atoms with Crippen molar-refractivity contribution in [3.63, 3.8) is 0 Å². The highest BCUT2D eigenvalue weighted by atomic mass is 32.2. The van der Waals surface area contributed by atoms with Gasteiger partial charge in [0.15, 0.2) is 5.82 Å². The third-order valence-electron chi connectivity index (χ3n) is 6.92. The van der Waals surface area contributed by atoms with Crippen LogP contribution in [0.15, 0.2) is 59.6 Å². The molecule has 0 saturated carbocycles. The number of hydrogen-bond acceptors (Lipinski definition) is 7. The Balaban J connectivity index is 1.55. The van der Waals surface area contributed by atoms with Crippen LogP contribution >= 0.6 is 0 Å². The Labute approximate surface area is 248 Å². The number of ether oxygens (including phenoxy) is 1. The minimum atomic E-state index is -4.59. The highest BCUT2D eigenvalue weighted by molar-refractivity contribution is 7.89. The number of anilines is 2. The van der Waals surface area contributed by atoms with E-state index in [1.807, 2.05) is 0 Å². The highest BCUT2D eigenvalue weighted by Gasteiger charge is 2.50. The Morgan fingerprint density at radius 2 is 1.73 bits per heavy atom. The lowest BCUT2D eigenvalue weighted by Gasteiger charge is -2.31. The molecule has 0 fully saturated rings. The number of aromatic amines is 1. The molecule has 2 aromatic carbocycles. The van der Waals surface area contributed by atoms with Crippen LogP contribution < -0.4 is 10.6 Å². The number of hydrogen-bond donors (Lipinski definition) is 3. The van der Waals surface area contributed by atoms with Gasteiger partial charge in [-0.3, -0.25) is 9.59 Å². The lowest BCUT2D eigenvalue weighted by molar-refractivity contribution is 0.102. The van der Waals surface area contributed by atoms with Gasteiger partial charge in [0, 0.05) is 24.4 Å². The zero-order valence-electron chi connectivity index (χ0n) is 23.4. The number of nitrogens with zero attached hydrogens (tertiary/aromatic N) is 3. The summed E-state index contributed by atoms with van der Waals surface area (Å²) in [4.78, 5) is 41.0. The van der Waals surface area contributed by atoms with Gasteiger partial charge >= 0.3 is 6.09 Å². The molecule has 44 heavy (non-hydrogen) atoms. The highest BCUT2D eigenvalue weighted by Crippen LogP contribution is 2.45. The van der Waals surface area contributed by atoms with Crippen molar-refractivity contribution >= 4 is 39.4 Å². The minimum absolute atomic E-state index is 0.000467. The van der Waals surface area contributed by atoms with E-state index in [2.05, 4.69) is 20.7 Å². The number of nitrogens with one attached hydrogen (secondary N) is 3. The number of aromatic nitrogens is 3. The van der Waals surface area contributed by atoms with Gasteiger partial charge in [-0.15, -0.1) is 5.10 Å². The van der Waals surface area contributed by atoms with Crippen molar-refractivity contribution < 1.29 is 40.7 Å². The molecule has 3 N–H and O–H groups in total. The number of carbonyl (C=O) groups excluding carboxylic acids is 3. The Hall–Kier alpha value is -4.96. The SMILES string of the molecule is CCOC(=O)n1nc(NC(=O)c2c(F)cccc2NC(=O)c2ccc[nH]2)c2c1C(C)(C)N(S(=O)(=O)c1cc(F)cc(F)c1)C2. The fourth-order valence-corrected chi connectivity index (χ4v) is 6.75. The molecular weight excluding hydrogens is 605 g/mol. The van der Waals surface area contributed by atoms with Crippen LogP contribution in [-0.2, 0) is 26.8 Å². The average molecular weight is 631 g/mol. The molecule has 2 amide bonds. The van der Waals surface area contributed by atoms with Gasteiger partial charge in [0.05, 0.1) is 34.0 Å². The van der Waals surface area contributed by atoms with Crippen LogP contribution in [0.5, 0.6) is 0 Å². The molecule has 230 valence electrons. The number of rotatable bonds is 7. The van der Waals surface area contributed by atoms with Crippen LogP contribution in [0.4, 0.5) is 29.5 Å². The van der Waals surface area contributed by atoms with Gasteiger partial charge < -0.3 is 20.4 Å². The number of carbonyl (C=O) groups is 3. The third kappa shape index (κ3) is 5.33. The molecule has 0 aliphatic carbocycles. The molecule has 1 aliphatic heterocycles. The summed E-state index contributed by atoms with van der Waals surface area (Å²) in [6.45, 7) is 3.83. The van der Waals surface area contributed by atoms with E-state index >= 15 is 4.39 Å². The summed E-state index contributed by atoms with van der Waals surface area (Å²) in [5.74, 6) is -5.27. The lowest BCUT2D eigenvalue weighted by atomic mass is 10.0. The zero-order valence-corrected chi connectivity index (χ0v) is 24.3. The van der Waals surface area contributed by atoms with E-state index < -0.39 is 67.9 Å². The van der Waals surface area contributed by atoms with Crippen LogP contribution in [0.1, 0.15) is 52.9 Å². The van der Waals surface area contributed by atoms with Gasteiger partial charge in [-0.05, 0) is 57.2 Å². The first-order valence-corrected chi connectivity index (χ1v) is 14.5. The van der Waals surface area contributed by atoms with E-state index in [0.29, 0.717) is 18.2 Å². The van der Waals surface area contributed by atoms with Gasteiger partial charge in [0.1, 0.15) is 23.1 Å². The number of halogens is 3. The number of fused-ring (bicyclic) bond motifs is 1. The Bertz CT molecular complexity index is 1890. The second-order valence-corrected chi connectivity index (χ2v) is 12.0. The number of sulfonamides is 1. The van der Waals surface area contributed by atoms with Crippen LogP contribution in [-0.4, -0.2) is 52.0 Å². The van der Waals surface area contributed by atoms with Crippen LogP contribution in [0.2, 0.25) is 0 Å². The second kappa shape index (κ2) is 11.3. The number of amides is 2. The molecule has 0 radical (unpaired) electrons. The summed E-state index contributed by atoms with van der Waals surface area (Å²) >= 11 is 0. The molecule has 0 atom stereocenters. The van der Waals surface area contributed by atoms with Crippen molar-refractivity contribution in [1.29, 1.82) is 0 Å². The molecule has 12 nitrogen and oxygen atoms in total. The fraction of sp³-hybridized carbons (Fsp3) is 0.214. The maximum absolute atomic E-state index is 15.0. The van der Waals surface area contributed by atoms with Gasteiger partial charge in [-0.2, -0.15) is 8.99 Å². The topological polar surface area (TPSA) is 155 Å². The molecule has 0 saturated heterocycles. The number of H-pyrrole nitrogens is 1. The normalized spacial score (nSPS) is 14.2. The quantitative estimate of drug-likeness (QED) is 0.270. The molecule has 3 heterocycles. The van der Waals surface area contributed by atoms with E-state index in [1.165, 1.54) is 45.2 Å². The van der Waals surface area contributed by atoms with Gasteiger partial charge in [-0.25, -0.2) is 26.4 Å². The Morgan fingerprint density at radius 1 is 1.02 bits per heavy atom. The van der Waals surface area contributed by atoms with Crippen LogP contribution in [0.25, 0.3) is 0 Å². The minimum Gasteiger partial charge on any atom is -0.448 e. The molecule has 0 unspecified atom stereocenters. The second-order valence-electron chi connectivity index (χ2n) is 10.1. The van der Waals surface area contributed by atoms with Gasteiger partial charge in [0.25, 0.3) is 11.8 Å². The van der Waals surface area contributed by atoms with Crippen LogP contribution in [0.3, 0.4) is 0 Å². The largest absolute Gasteiger partial charge is 0.448 e. The summed E-state index contributed by atoms with van der Waals surface area (Å²) in [7, 11) is -4.59. The third-order valence-corrected chi connectivity index (χ3v) is 8.91. The van der Waals surface area contributed by atoms with Gasteiger partial charge in [-0.1, -0.05) is 6.07 Å². The first-order valence-electron chi connectivity index (χ1n) is 13.1. The average Bonchev–Trinajstić information content (AvgIpc) is 3.66. The monoisotopic (exact) mass is 630 g/mol. The first kappa shape index (κ1) is 30.5.